The Hall–Kier alpha value is -1.47. The molecule has 1 saturated heterocycles. The van der Waals surface area contributed by atoms with E-state index in [0.29, 0.717) is 34.6 Å². The zero-order chi connectivity index (χ0) is 20.1. The molecule has 6 nitrogen and oxygen atoms in total. The highest BCUT2D eigenvalue weighted by atomic mass is 35.5. The first-order valence-electron chi connectivity index (χ1n) is 9.48. The summed E-state index contributed by atoms with van der Waals surface area (Å²) in [6, 6.07) is 5.08. The highest BCUT2D eigenvalue weighted by molar-refractivity contribution is 6.35. The van der Waals surface area contributed by atoms with Crippen LogP contribution in [0, 0.1) is 5.41 Å². The number of hydrogen-bond donors (Lipinski definition) is 1. The Morgan fingerprint density at radius 1 is 1.36 bits per heavy atom. The van der Waals surface area contributed by atoms with Gasteiger partial charge in [-0.15, -0.1) is 0 Å². The molecule has 0 saturated carbocycles. The molecule has 0 radical (unpaired) electrons. The first-order chi connectivity index (χ1) is 13.4. The second kappa shape index (κ2) is 9.35. The van der Waals surface area contributed by atoms with Crippen LogP contribution in [0.1, 0.15) is 56.8 Å². The molecule has 1 N–H and O–H groups in total. The van der Waals surface area contributed by atoms with Crippen LogP contribution in [0.4, 0.5) is 0 Å². The Bertz CT molecular complexity index is 790. The van der Waals surface area contributed by atoms with Crippen molar-refractivity contribution in [3.05, 3.63) is 46.0 Å². The second-order valence-corrected chi connectivity index (χ2v) is 8.45. The molecule has 152 valence electrons. The minimum absolute atomic E-state index is 0.0365. The van der Waals surface area contributed by atoms with Crippen LogP contribution < -0.4 is 0 Å². The molecule has 1 atom stereocenters. The fourth-order valence-electron chi connectivity index (χ4n) is 3.39. The van der Waals surface area contributed by atoms with Crippen molar-refractivity contribution in [1.82, 2.24) is 15.2 Å². The minimum Gasteiger partial charge on any atom is -0.352 e. The van der Waals surface area contributed by atoms with Crippen molar-refractivity contribution in [2.75, 3.05) is 13.2 Å². The lowest BCUT2D eigenvalue weighted by Crippen LogP contribution is -2.41. The fraction of sp³-hybridized carbons (Fsp3) is 0.550. The summed E-state index contributed by atoms with van der Waals surface area (Å²) in [4.78, 5) is 17.5. The molecule has 2 heterocycles. The Labute approximate surface area is 174 Å². The molecule has 3 rings (SSSR count). The number of aromatic amines is 1. The Kier molecular flexibility index (Phi) is 7.10. The molecule has 28 heavy (non-hydrogen) atoms. The standard InChI is InChI=1S/C20H25Cl2N3O3/c1-3-4-5-17-27-10-20(2,11-28-17)9-16(26)18(19-23-12-24-25-19)14-7-6-13(21)8-15(14)22/h6-8,12,17-18H,3-5,9-11H2,1-2H3,(H,23,24,25). The predicted octanol–water partition coefficient (Wildman–Crippen LogP) is 4.77. The van der Waals surface area contributed by atoms with Crippen molar-refractivity contribution in [2.24, 2.45) is 5.41 Å². The van der Waals surface area contributed by atoms with E-state index >= 15 is 0 Å². The van der Waals surface area contributed by atoms with Crippen LogP contribution in [-0.4, -0.2) is 40.5 Å². The molecule has 1 aliphatic rings. The lowest BCUT2D eigenvalue weighted by Gasteiger charge is -2.37. The normalized spacial score (nSPS) is 23.5. The van der Waals surface area contributed by atoms with Crippen LogP contribution in [0.3, 0.4) is 0 Å². The number of ether oxygens (including phenoxy) is 2. The Morgan fingerprint density at radius 3 is 2.71 bits per heavy atom. The highest BCUT2D eigenvalue weighted by Crippen LogP contribution is 2.36. The largest absolute Gasteiger partial charge is 0.352 e. The summed E-state index contributed by atoms with van der Waals surface area (Å²) >= 11 is 12.4. The van der Waals surface area contributed by atoms with E-state index < -0.39 is 11.3 Å². The van der Waals surface area contributed by atoms with Crippen LogP contribution in [0.25, 0.3) is 0 Å². The van der Waals surface area contributed by atoms with Gasteiger partial charge in [-0.05, 0) is 30.5 Å². The Balaban J connectivity index is 1.76. The number of Topliss-reactive ketones (excluding diaryl/α,β-unsaturated/α-hetero) is 1. The molecule has 0 spiro atoms. The monoisotopic (exact) mass is 425 g/mol. The molecule has 1 aromatic heterocycles. The van der Waals surface area contributed by atoms with Gasteiger partial charge in [0.25, 0.3) is 0 Å². The van der Waals surface area contributed by atoms with Gasteiger partial charge in [-0.3, -0.25) is 9.89 Å². The summed E-state index contributed by atoms with van der Waals surface area (Å²) in [5.74, 6) is -0.326. The van der Waals surface area contributed by atoms with E-state index in [1.165, 1.54) is 6.33 Å². The third-order valence-corrected chi connectivity index (χ3v) is 5.48. The maximum absolute atomic E-state index is 13.3. The van der Waals surface area contributed by atoms with E-state index in [1.807, 2.05) is 6.92 Å². The maximum atomic E-state index is 13.3. The molecule has 1 unspecified atom stereocenters. The topological polar surface area (TPSA) is 77.1 Å². The molecule has 0 amide bonds. The van der Waals surface area contributed by atoms with Gasteiger partial charge in [0.1, 0.15) is 18.0 Å². The number of halogens is 2. The minimum atomic E-state index is -0.675. The third-order valence-electron chi connectivity index (χ3n) is 4.92. The number of aromatic nitrogens is 3. The molecule has 1 aromatic carbocycles. The summed E-state index contributed by atoms with van der Waals surface area (Å²) in [7, 11) is 0. The van der Waals surface area contributed by atoms with Gasteiger partial charge >= 0.3 is 0 Å². The first-order valence-corrected chi connectivity index (χ1v) is 10.2. The van der Waals surface area contributed by atoms with Crippen LogP contribution in [0.15, 0.2) is 24.5 Å². The summed E-state index contributed by atoms with van der Waals surface area (Å²) in [5.41, 5.74) is 0.227. The lowest BCUT2D eigenvalue weighted by molar-refractivity contribution is -0.228. The van der Waals surface area contributed by atoms with Gasteiger partial charge in [0.05, 0.1) is 13.2 Å². The van der Waals surface area contributed by atoms with Crippen molar-refractivity contribution in [2.45, 2.75) is 51.7 Å². The van der Waals surface area contributed by atoms with E-state index in [1.54, 1.807) is 18.2 Å². The zero-order valence-electron chi connectivity index (χ0n) is 16.1. The molecule has 8 heteroatoms. The number of benzene rings is 1. The van der Waals surface area contributed by atoms with Gasteiger partial charge in [0.2, 0.25) is 0 Å². The van der Waals surface area contributed by atoms with Crippen molar-refractivity contribution < 1.29 is 14.3 Å². The summed E-state index contributed by atoms with van der Waals surface area (Å²) < 4.78 is 11.7. The molecular formula is C20H25Cl2N3O3. The molecule has 0 bridgehead atoms. The SMILES string of the molecule is CCCCC1OCC(C)(CC(=O)C(c2nc[nH]n2)c2ccc(Cl)cc2Cl)CO1. The number of carbonyl (C=O) groups excluding carboxylic acids is 1. The highest BCUT2D eigenvalue weighted by Gasteiger charge is 2.38. The number of carbonyl (C=O) groups is 1. The zero-order valence-corrected chi connectivity index (χ0v) is 17.6. The Morgan fingerprint density at radius 2 is 2.11 bits per heavy atom. The number of unbranched alkanes of at least 4 members (excludes halogenated alkanes) is 1. The molecule has 1 fully saturated rings. The second-order valence-electron chi connectivity index (χ2n) is 7.60. The predicted molar refractivity (Wildman–Crippen MR) is 108 cm³/mol. The molecule has 0 aliphatic carbocycles. The first kappa shape index (κ1) is 21.2. The van der Waals surface area contributed by atoms with Crippen molar-refractivity contribution in [3.8, 4) is 0 Å². The van der Waals surface area contributed by atoms with E-state index in [9.17, 15) is 4.79 Å². The smallest absolute Gasteiger partial charge is 0.165 e. The van der Waals surface area contributed by atoms with Crippen LogP contribution in [0.2, 0.25) is 10.0 Å². The van der Waals surface area contributed by atoms with Crippen LogP contribution in [-0.2, 0) is 14.3 Å². The summed E-state index contributed by atoms with van der Waals surface area (Å²) in [5, 5.41) is 7.72. The molecule has 2 aromatic rings. The number of ketones is 1. The average Bonchev–Trinajstić information content (AvgIpc) is 3.17. The summed E-state index contributed by atoms with van der Waals surface area (Å²) in [6.07, 6.45) is 4.57. The average molecular weight is 426 g/mol. The van der Waals surface area contributed by atoms with Crippen molar-refractivity contribution in [3.63, 3.8) is 0 Å². The molecular weight excluding hydrogens is 401 g/mol. The van der Waals surface area contributed by atoms with E-state index in [-0.39, 0.29) is 18.5 Å². The van der Waals surface area contributed by atoms with E-state index in [2.05, 4.69) is 22.1 Å². The number of nitrogens with zero attached hydrogens (tertiary/aromatic N) is 2. The quantitative estimate of drug-likeness (QED) is 0.658. The van der Waals surface area contributed by atoms with Gasteiger partial charge in [-0.25, -0.2) is 4.98 Å². The summed E-state index contributed by atoms with van der Waals surface area (Å²) in [6.45, 7) is 5.08. The fourth-order valence-corrected chi connectivity index (χ4v) is 3.91. The van der Waals surface area contributed by atoms with Gasteiger partial charge in [-0.1, -0.05) is 49.5 Å². The number of hydrogen-bond acceptors (Lipinski definition) is 5. The lowest BCUT2D eigenvalue weighted by atomic mass is 9.80. The van der Waals surface area contributed by atoms with Gasteiger partial charge in [0, 0.05) is 21.9 Å². The van der Waals surface area contributed by atoms with Crippen molar-refractivity contribution in [1.29, 1.82) is 0 Å². The number of H-pyrrole nitrogens is 1. The third kappa shape index (κ3) is 5.11. The van der Waals surface area contributed by atoms with Gasteiger partial charge in [-0.2, -0.15) is 5.10 Å². The van der Waals surface area contributed by atoms with Gasteiger partial charge < -0.3 is 9.47 Å². The van der Waals surface area contributed by atoms with Gasteiger partial charge in [0.15, 0.2) is 12.1 Å². The number of rotatable bonds is 8. The maximum Gasteiger partial charge on any atom is 0.165 e. The van der Waals surface area contributed by atoms with E-state index in [0.717, 1.165) is 19.3 Å². The number of nitrogens with one attached hydrogen (secondary N) is 1. The van der Waals surface area contributed by atoms with Crippen LogP contribution in [0.5, 0.6) is 0 Å². The molecule has 1 aliphatic heterocycles. The van der Waals surface area contributed by atoms with Crippen molar-refractivity contribution >= 4 is 29.0 Å². The van der Waals surface area contributed by atoms with Crippen LogP contribution >= 0.6 is 23.2 Å². The van der Waals surface area contributed by atoms with E-state index in [4.69, 9.17) is 32.7 Å².